The van der Waals surface area contributed by atoms with Crippen molar-refractivity contribution in [2.75, 3.05) is 0 Å². The Hall–Kier alpha value is -1.15. The second-order valence-corrected chi connectivity index (χ2v) is 3.60. The van der Waals surface area contributed by atoms with Crippen molar-refractivity contribution in [1.82, 2.24) is 4.98 Å². The number of aromatic nitrogens is 1. The summed E-state index contributed by atoms with van der Waals surface area (Å²) in [6.45, 7) is 0. The quantitative estimate of drug-likeness (QED) is 0.648. The molecule has 2 atom stereocenters. The molecule has 2 aliphatic rings. The molecule has 2 heteroatoms. The van der Waals surface area contributed by atoms with Gasteiger partial charge in [0, 0.05) is 12.4 Å². The van der Waals surface area contributed by atoms with E-state index in [-0.39, 0.29) is 0 Å². The number of hydrogen-bond acceptors (Lipinski definition) is 2. The highest BCUT2D eigenvalue weighted by atomic mass is 16.5. The van der Waals surface area contributed by atoms with Crippen LogP contribution in [0.2, 0.25) is 0 Å². The van der Waals surface area contributed by atoms with Gasteiger partial charge in [0.1, 0.15) is 0 Å². The molecule has 0 radical (unpaired) electrons. The van der Waals surface area contributed by atoms with Gasteiger partial charge in [-0.1, -0.05) is 0 Å². The number of nitrogens with zero attached hydrogens (tertiary/aromatic N) is 1. The minimum atomic E-state index is 0.354. The van der Waals surface area contributed by atoms with Crippen LogP contribution < -0.4 is 0 Å². The van der Waals surface area contributed by atoms with Gasteiger partial charge in [-0.2, -0.15) is 0 Å². The van der Waals surface area contributed by atoms with E-state index in [0.29, 0.717) is 12.2 Å². The van der Waals surface area contributed by atoms with Crippen LogP contribution in [0.15, 0.2) is 30.6 Å². The molecule has 1 saturated heterocycles. The molecule has 2 nitrogen and oxygen atoms in total. The second-order valence-electron chi connectivity index (χ2n) is 3.60. The van der Waals surface area contributed by atoms with Crippen molar-refractivity contribution in [2.24, 2.45) is 0 Å². The molecule has 0 saturated carbocycles. The van der Waals surface area contributed by atoms with Crippen LogP contribution in [-0.2, 0) is 4.74 Å². The van der Waals surface area contributed by atoms with Gasteiger partial charge in [-0.15, -0.1) is 0 Å². The first kappa shape index (κ1) is 7.27. The zero-order valence-electron chi connectivity index (χ0n) is 7.31. The smallest absolute Gasteiger partial charge is 0.0837 e. The van der Waals surface area contributed by atoms with Crippen LogP contribution in [0.1, 0.15) is 18.4 Å². The summed E-state index contributed by atoms with van der Waals surface area (Å²) in [5, 5.41) is 0. The molecule has 0 aliphatic carbocycles. The molecule has 1 aromatic rings. The van der Waals surface area contributed by atoms with Gasteiger partial charge in [-0.3, -0.25) is 4.98 Å². The van der Waals surface area contributed by atoms with Gasteiger partial charge < -0.3 is 4.74 Å². The molecule has 66 valence electrons. The van der Waals surface area contributed by atoms with Crippen LogP contribution in [0.4, 0.5) is 0 Å². The third-order valence-electron chi connectivity index (χ3n) is 2.78. The van der Waals surface area contributed by atoms with Crippen molar-refractivity contribution in [3.63, 3.8) is 0 Å². The van der Waals surface area contributed by atoms with E-state index in [1.54, 1.807) is 0 Å². The number of pyridine rings is 1. The van der Waals surface area contributed by atoms with Gasteiger partial charge in [0.05, 0.1) is 12.2 Å². The third-order valence-corrected chi connectivity index (χ3v) is 2.78. The first-order valence-corrected chi connectivity index (χ1v) is 4.71. The fraction of sp³-hybridized carbons (Fsp3) is 0.364. The van der Waals surface area contributed by atoms with E-state index < -0.39 is 0 Å². The lowest BCUT2D eigenvalue weighted by Crippen LogP contribution is -2.03. The summed E-state index contributed by atoms with van der Waals surface area (Å²) in [6, 6.07) is 4.10. The van der Waals surface area contributed by atoms with E-state index in [1.807, 2.05) is 12.4 Å². The summed E-state index contributed by atoms with van der Waals surface area (Å²) in [7, 11) is 0. The van der Waals surface area contributed by atoms with Crippen LogP contribution in [0, 0.1) is 0 Å². The number of rotatable bonds is 1. The molecule has 2 bridgehead atoms. The first-order valence-electron chi connectivity index (χ1n) is 4.71. The summed E-state index contributed by atoms with van der Waals surface area (Å²) in [5.74, 6) is 0. The lowest BCUT2D eigenvalue weighted by molar-refractivity contribution is 0.124. The Bertz CT molecular complexity index is 344. The van der Waals surface area contributed by atoms with E-state index in [1.165, 1.54) is 24.0 Å². The molecule has 3 heterocycles. The van der Waals surface area contributed by atoms with Crippen LogP contribution in [-0.4, -0.2) is 17.2 Å². The fourth-order valence-electron chi connectivity index (χ4n) is 2.15. The van der Waals surface area contributed by atoms with E-state index in [2.05, 4.69) is 23.2 Å². The lowest BCUT2D eigenvalue weighted by Gasteiger charge is -2.10. The SMILES string of the molecule is C1=C(c2ccncc2)[C@H]2CC[C@@H]1O2. The number of ether oxygens (including phenoxy) is 1. The normalized spacial score (nSPS) is 30.6. The van der Waals surface area contributed by atoms with Gasteiger partial charge in [0.25, 0.3) is 0 Å². The van der Waals surface area contributed by atoms with E-state index in [0.717, 1.165) is 0 Å². The van der Waals surface area contributed by atoms with Crippen molar-refractivity contribution >= 4 is 5.57 Å². The van der Waals surface area contributed by atoms with Crippen molar-refractivity contribution in [3.05, 3.63) is 36.2 Å². The van der Waals surface area contributed by atoms with Crippen molar-refractivity contribution in [2.45, 2.75) is 25.0 Å². The molecule has 1 fully saturated rings. The average molecular weight is 173 g/mol. The average Bonchev–Trinajstić information content (AvgIpc) is 2.80. The van der Waals surface area contributed by atoms with E-state index in [9.17, 15) is 0 Å². The van der Waals surface area contributed by atoms with Gasteiger partial charge in [0.15, 0.2) is 0 Å². The predicted molar refractivity (Wildman–Crippen MR) is 50.1 cm³/mol. The third kappa shape index (κ3) is 1.10. The molecule has 0 unspecified atom stereocenters. The van der Waals surface area contributed by atoms with Gasteiger partial charge in [0.2, 0.25) is 0 Å². The molecule has 2 aliphatic heterocycles. The highest BCUT2D eigenvalue weighted by Gasteiger charge is 2.33. The molecule has 0 aromatic carbocycles. The Morgan fingerprint density at radius 3 is 2.69 bits per heavy atom. The van der Waals surface area contributed by atoms with E-state index in [4.69, 9.17) is 4.74 Å². The molecule has 0 spiro atoms. The maximum atomic E-state index is 5.73. The monoisotopic (exact) mass is 173 g/mol. The minimum Gasteiger partial charge on any atom is -0.366 e. The summed E-state index contributed by atoms with van der Waals surface area (Å²) >= 11 is 0. The van der Waals surface area contributed by atoms with Crippen molar-refractivity contribution in [3.8, 4) is 0 Å². The first-order chi connectivity index (χ1) is 6.43. The maximum Gasteiger partial charge on any atom is 0.0837 e. The molecular formula is C11H11NO. The Labute approximate surface area is 77.3 Å². The van der Waals surface area contributed by atoms with Crippen molar-refractivity contribution < 1.29 is 4.74 Å². The molecule has 0 amide bonds. The Morgan fingerprint density at radius 2 is 2.08 bits per heavy atom. The highest BCUT2D eigenvalue weighted by Crippen LogP contribution is 2.38. The number of hydrogen-bond donors (Lipinski definition) is 0. The largest absolute Gasteiger partial charge is 0.366 e. The Kier molecular flexibility index (Phi) is 1.49. The maximum absolute atomic E-state index is 5.73. The standard InChI is InChI=1S/C11H11NO/c1-2-11-10(7-9(1)13-11)8-3-5-12-6-4-8/h3-7,9,11H,1-2H2/t9-,11+/m0/s1. The van der Waals surface area contributed by atoms with Crippen molar-refractivity contribution in [1.29, 1.82) is 0 Å². The van der Waals surface area contributed by atoms with Crippen LogP contribution in [0.25, 0.3) is 5.57 Å². The van der Waals surface area contributed by atoms with Gasteiger partial charge in [-0.25, -0.2) is 0 Å². The summed E-state index contributed by atoms with van der Waals surface area (Å²) in [5.41, 5.74) is 2.63. The van der Waals surface area contributed by atoms with E-state index >= 15 is 0 Å². The molecule has 3 rings (SSSR count). The predicted octanol–water partition coefficient (Wildman–Crippen LogP) is 2.03. The molecular weight excluding hydrogens is 162 g/mol. The zero-order chi connectivity index (χ0) is 8.67. The Balaban J connectivity index is 1.99. The second kappa shape index (κ2) is 2.67. The van der Waals surface area contributed by atoms with Crippen LogP contribution in [0.3, 0.4) is 0 Å². The molecule has 0 N–H and O–H groups in total. The topological polar surface area (TPSA) is 22.1 Å². The minimum absolute atomic E-state index is 0.354. The summed E-state index contributed by atoms with van der Waals surface area (Å²) in [4.78, 5) is 4.01. The van der Waals surface area contributed by atoms with Crippen LogP contribution in [0.5, 0.6) is 0 Å². The zero-order valence-corrected chi connectivity index (χ0v) is 7.31. The van der Waals surface area contributed by atoms with Gasteiger partial charge >= 0.3 is 0 Å². The fourth-order valence-corrected chi connectivity index (χ4v) is 2.15. The Morgan fingerprint density at radius 1 is 1.23 bits per heavy atom. The highest BCUT2D eigenvalue weighted by molar-refractivity contribution is 5.71. The summed E-state index contributed by atoms with van der Waals surface area (Å²) in [6.07, 6.45) is 9.03. The number of fused-ring (bicyclic) bond motifs is 2. The lowest BCUT2D eigenvalue weighted by atomic mass is 9.94. The molecule has 13 heavy (non-hydrogen) atoms. The summed E-state index contributed by atoms with van der Waals surface area (Å²) < 4.78 is 5.73. The van der Waals surface area contributed by atoms with Crippen LogP contribution >= 0.6 is 0 Å². The molecule has 1 aromatic heterocycles. The van der Waals surface area contributed by atoms with Gasteiger partial charge in [-0.05, 0) is 42.2 Å².